The molecule has 9 heteroatoms. The van der Waals surface area contributed by atoms with Crippen LogP contribution < -0.4 is 23.8 Å². The molecule has 0 bridgehead atoms. The zero-order valence-corrected chi connectivity index (χ0v) is 18.9. The van der Waals surface area contributed by atoms with Crippen LogP contribution >= 0.6 is 0 Å². The van der Waals surface area contributed by atoms with Crippen molar-refractivity contribution in [2.45, 2.75) is 32.4 Å². The molecule has 31 heavy (non-hydrogen) atoms. The molecule has 1 amide bonds. The number of benzene rings is 2. The van der Waals surface area contributed by atoms with Gasteiger partial charge >= 0.3 is 0 Å². The van der Waals surface area contributed by atoms with E-state index >= 15 is 0 Å². The molecule has 0 aromatic heterocycles. The predicted octanol–water partition coefficient (Wildman–Crippen LogP) is 2.89. The number of nitrogens with one attached hydrogen (secondary N) is 1. The molecule has 0 saturated heterocycles. The SMILES string of the molecule is CC[C@H](Oc1ccc(N(C)S(C)(=O)=O)cc1)C(=O)N[C@@H](C)c1ccc2c(c1)OCCO2. The van der Waals surface area contributed by atoms with E-state index in [4.69, 9.17) is 14.2 Å². The Balaban J connectivity index is 1.63. The van der Waals surface area contributed by atoms with Gasteiger partial charge in [0.1, 0.15) is 19.0 Å². The van der Waals surface area contributed by atoms with Crippen LogP contribution in [0.3, 0.4) is 0 Å². The molecule has 0 aliphatic carbocycles. The summed E-state index contributed by atoms with van der Waals surface area (Å²) in [6.45, 7) is 4.79. The van der Waals surface area contributed by atoms with E-state index in [1.54, 1.807) is 24.3 Å². The van der Waals surface area contributed by atoms with E-state index in [0.717, 1.165) is 11.8 Å². The predicted molar refractivity (Wildman–Crippen MR) is 118 cm³/mol. The number of hydrogen-bond donors (Lipinski definition) is 1. The molecular formula is C22H28N2O6S. The molecular weight excluding hydrogens is 420 g/mol. The van der Waals surface area contributed by atoms with Crippen molar-refractivity contribution < 1.29 is 27.4 Å². The average Bonchev–Trinajstić information content (AvgIpc) is 2.76. The van der Waals surface area contributed by atoms with Gasteiger partial charge in [-0.05, 0) is 55.3 Å². The Morgan fingerprint density at radius 1 is 1.13 bits per heavy atom. The highest BCUT2D eigenvalue weighted by atomic mass is 32.2. The lowest BCUT2D eigenvalue weighted by Crippen LogP contribution is -2.39. The van der Waals surface area contributed by atoms with Crippen LogP contribution in [0.2, 0.25) is 0 Å². The number of fused-ring (bicyclic) bond motifs is 1. The van der Waals surface area contributed by atoms with Crippen molar-refractivity contribution in [2.24, 2.45) is 0 Å². The summed E-state index contributed by atoms with van der Waals surface area (Å²) in [6, 6.07) is 11.9. The van der Waals surface area contributed by atoms with Crippen LogP contribution in [0.1, 0.15) is 31.9 Å². The van der Waals surface area contributed by atoms with E-state index in [9.17, 15) is 13.2 Å². The van der Waals surface area contributed by atoms with Crippen molar-refractivity contribution in [3.8, 4) is 17.2 Å². The highest BCUT2D eigenvalue weighted by Crippen LogP contribution is 2.32. The summed E-state index contributed by atoms with van der Waals surface area (Å²) < 4.78 is 41.5. The Hall–Kier alpha value is -2.94. The van der Waals surface area contributed by atoms with Gasteiger partial charge in [-0.15, -0.1) is 0 Å². The van der Waals surface area contributed by atoms with E-state index in [1.807, 2.05) is 32.0 Å². The Kier molecular flexibility index (Phi) is 6.94. The van der Waals surface area contributed by atoms with E-state index in [1.165, 1.54) is 11.4 Å². The average molecular weight is 449 g/mol. The highest BCUT2D eigenvalue weighted by molar-refractivity contribution is 7.92. The van der Waals surface area contributed by atoms with Crippen LogP contribution in [-0.2, 0) is 14.8 Å². The zero-order chi connectivity index (χ0) is 22.6. The molecule has 0 spiro atoms. The molecule has 168 valence electrons. The number of anilines is 1. The number of carbonyl (C=O) groups is 1. The Morgan fingerprint density at radius 2 is 1.77 bits per heavy atom. The first-order valence-electron chi connectivity index (χ1n) is 10.1. The lowest BCUT2D eigenvalue weighted by atomic mass is 10.1. The molecule has 2 aromatic rings. The fourth-order valence-corrected chi connectivity index (χ4v) is 3.64. The molecule has 8 nitrogen and oxygen atoms in total. The van der Waals surface area contributed by atoms with Crippen LogP contribution in [0.15, 0.2) is 42.5 Å². The van der Waals surface area contributed by atoms with Gasteiger partial charge in [-0.2, -0.15) is 0 Å². The minimum atomic E-state index is -3.34. The second kappa shape index (κ2) is 9.47. The van der Waals surface area contributed by atoms with Crippen molar-refractivity contribution in [1.29, 1.82) is 0 Å². The van der Waals surface area contributed by atoms with Gasteiger partial charge in [0.25, 0.3) is 5.91 Å². The largest absolute Gasteiger partial charge is 0.486 e. The highest BCUT2D eigenvalue weighted by Gasteiger charge is 2.22. The summed E-state index contributed by atoms with van der Waals surface area (Å²) >= 11 is 0. The lowest BCUT2D eigenvalue weighted by molar-refractivity contribution is -0.128. The van der Waals surface area contributed by atoms with Crippen molar-refractivity contribution >= 4 is 21.6 Å². The van der Waals surface area contributed by atoms with Crippen LogP contribution in [0.5, 0.6) is 17.2 Å². The standard InChI is InChI=1S/C22H28N2O6S/c1-5-19(30-18-9-7-17(8-10-18)24(3)31(4,26)27)22(25)23-15(2)16-6-11-20-21(14-16)29-13-12-28-20/h6-11,14-15,19H,5,12-13H2,1-4H3,(H,23,25)/t15-,19-/m0/s1. The summed E-state index contributed by atoms with van der Waals surface area (Å²) in [5, 5.41) is 2.98. The van der Waals surface area contributed by atoms with Crippen LogP contribution in [0, 0.1) is 0 Å². The topological polar surface area (TPSA) is 94.2 Å². The first-order valence-corrected chi connectivity index (χ1v) is 11.9. The van der Waals surface area contributed by atoms with E-state index in [-0.39, 0.29) is 11.9 Å². The Labute approximate surface area is 183 Å². The second-order valence-corrected chi connectivity index (χ2v) is 9.39. The van der Waals surface area contributed by atoms with Gasteiger partial charge in [-0.1, -0.05) is 13.0 Å². The fraction of sp³-hybridized carbons (Fsp3) is 0.409. The van der Waals surface area contributed by atoms with Crippen LogP contribution in [0.25, 0.3) is 0 Å². The number of rotatable bonds is 8. The molecule has 3 rings (SSSR count). The van der Waals surface area contributed by atoms with Crippen molar-refractivity contribution in [3.63, 3.8) is 0 Å². The molecule has 0 saturated carbocycles. The molecule has 1 N–H and O–H groups in total. The van der Waals surface area contributed by atoms with E-state index in [2.05, 4.69) is 5.32 Å². The summed E-state index contributed by atoms with van der Waals surface area (Å²) in [5.74, 6) is 1.63. The molecule has 0 unspecified atom stereocenters. The number of nitrogens with zero attached hydrogens (tertiary/aromatic N) is 1. The molecule has 0 radical (unpaired) electrons. The first-order chi connectivity index (χ1) is 14.7. The summed E-state index contributed by atoms with van der Waals surface area (Å²) in [6.07, 6.45) is 0.931. The summed E-state index contributed by atoms with van der Waals surface area (Å²) in [4.78, 5) is 12.8. The van der Waals surface area contributed by atoms with Gasteiger partial charge < -0.3 is 19.5 Å². The Morgan fingerprint density at radius 3 is 2.39 bits per heavy atom. The maximum Gasteiger partial charge on any atom is 0.261 e. The quantitative estimate of drug-likeness (QED) is 0.667. The fourth-order valence-electron chi connectivity index (χ4n) is 3.13. The molecule has 0 fully saturated rings. The second-order valence-electron chi connectivity index (χ2n) is 7.37. The molecule has 1 heterocycles. The third-order valence-electron chi connectivity index (χ3n) is 5.06. The molecule has 1 aliphatic rings. The molecule has 2 aromatic carbocycles. The maximum absolute atomic E-state index is 12.8. The first kappa shape index (κ1) is 22.7. The van der Waals surface area contributed by atoms with Crippen LogP contribution in [0.4, 0.5) is 5.69 Å². The summed E-state index contributed by atoms with van der Waals surface area (Å²) in [5.41, 5.74) is 1.42. The van der Waals surface area contributed by atoms with Gasteiger partial charge in [0.15, 0.2) is 17.6 Å². The van der Waals surface area contributed by atoms with Crippen LogP contribution in [-0.4, -0.2) is 46.9 Å². The van der Waals surface area contributed by atoms with Gasteiger partial charge in [0, 0.05) is 7.05 Å². The zero-order valence-electron chi connectivity index (χ0n) is 18.1. The van der Waals surface area contributed by atoms with Crippen molar-refractivity contribution in [2.75, 3.05) is 30.8 Å². The van der Waals surface area contributed by atoms with Crippen molar-refractivity contribution in [3.05, 3.63) is 48.0 Å². The van der Waals surface area contributed by atoms with Gasteiger partial charge in [0.05, 0.1) is 18.0 Å². The number of carbonyl (C=O) groups excluding carboxylic acids is 1. The number of sulfonamides is 1. The minimum absolute atomic E-state index is 0.234. The number of amides is 1. The molecule has 1 aliphatic heterocycles. The third kappa shape index (κ3) is 5.61. The van der Waals surface area contributed by atoms with Gasteiger partial charge in [-0.25, -0.2) is 8.42 Å². The minimum Gasteiger partial charge on any atom is -0.486 e. The number of hydrogen-bond acceptors (Lipinski definition) is 6. The number of ether oxygens (including phenoxy) is 3. The van der Waals surface area contributed by atoms with Crippen molar-refractivity contribution in [1.82, 2.24) is 5.32 Å². The van der Waals surface area contributed by atoms with Gasteiger partial charge in [-0.3, -0.25) is 9.10 Å². The molecule has 2 atom stereocenters. The monoisotopic (exact) mass is 448 g/mol. The van der Waals surface area contributed by atoms with E-state index < -0.39 is 16.1 Å². The Bertz CT molecular complexity index is 1020. The normalized spacial score (nSPS) is 15.0. The third-order valence-corrected chi connectivity index (χ3v) is 6.27. The van der Waals surface area contributed by atoms with E-state index in [0.29, 0.717) is 42.6 Å². The smallest absolute Gasteiger partial charge is 0.261 e. The summed E-state index contributed by atoms with van der Waals surface area (Å²) in [7, 11) is -1.87. The van der Waals surface area contributed by atoms with Gasteiger partial charge in [0.2, 0.25) is 10.0 Å². The maximum atomic E-state index is 12.8. The lowest BCUT2D eigenvalue weighted by Gasteiger charge is -2.23.